The van der Waals surface area contributed by atoms with Gasteiger partial charge in [-0.2, -0.15) is 0 Å². The van der Waals surface area contributed by atoms with Crippen molar-refractivity contribution in [2.45, 2.75) is 38.0 Å². The number of nitrogens with zero attached hydrogens (tertiary/aromatic N) is 4. The van der Waals surface area contributed by atoms with Crippen LogP contribution >= 0.6 is 11.8 Å². The number of para-hydroxylation sites is 1. The smallest absolute Gasteiger partial charge is 0.147 e. The number of anilines is 2. The number of rotatable bonds is 3. The maximum absolute atomic E-state index is 4.76. The molecule has 3 heterocycles. The Hall–Kier alpha value is -3.05. The van der Waals surface area contributed by atoms with Gasteiger partial charge in [0.1, 0.15) is 5.82 Å². The number of aromatic nitrogens is 3. The summed E-state index contributed by atoms with van der Waals surface area (Å²) < 4.78 is 2.21. The molecule has 2 aromatic carbocycles. The van der Waals surface area contributed by atoms with Crippen molar-refractivity contribution < 1.29 is 0 Å². The molecule has 0 amide bonds. The Balaban J connectivity index is 1.66. The van der Waals surface area contributed by atoms with Crippen LogP contribution in [-0.4, -0.2) is 19.9 Å². The first kappa shape index (κ1) is 18.9. The molecule has 0 fully saturated rings. The molecule has 5 heteroatoms. The molecule has 1 atom stereocenters. The van der Waals surface area contributed by atoms with Gasteiger partial charge in [-0.25, -0.2) is 4.98 Å². The fourth-order valence-corrected chi connectivity index (χ4v) is 5.71. The second-order valence-corrected chi connectivity index (χ2v) is 9.15. The molecule has 1 aliphatic rings. The molecular formula is C25H24N4S. The van der Waals surface area contributed by atoms with Gasteiger partial charge in [0, 0.05) is 29.2 Å². The lowest BCUT2D eigenvalue weighted by Gasteiger charge is -2.23. The number of imidazole rings is 1. The first-order valence-corrected chi connectivity index (χ1v) is 11.0. The minimum Gasteiger partial charge on any atom is -0.327 e. The number of aryl methyl sites for hydroxylation is 3. The summed E-state index contributed by atoms with van der Waals surface area (Å²) in [5, 5.41) is 0.289. The predicted octanol–water partition coefficient (Wildman–Crippen LogP) is 6.45. The van der Waals surface area contributed by atoms with Gasteiger partial charge < -0.3 is 4.90 Å². The topological polar surface area (TPSA) is 34.0 Å². The van der Waals surface area contributed by atoms with Crippen molar-refractivity contribution in [3.05, 3.63) is 83.9 Å². The van der Waals surface area contributed by atoms with E-state index >= 15 is 0 Å². The van der Waals surface area contributed by atoms with Crippen molar-refractivity contribution in [1.82, 2.24) is 14.5 Å². The van der Waals surface area contributed by atoms with E-state index in [1.165, 1.54) is 33.0 Å². The Morgan fingerprint density at radius 1 is 0.967 bits per heavy atom. The van der Waals surface area contributed by atoms with E-state index in [0.717, 1.165) is 17.1 Å². The average molecular weight is 413 g/mol. The highest BCUT2D eigenvalue weighted by atomic mass is 32.2. The lowest BCUT2D eigenvalue weighted by molar-refractivity contribution is 0.967. The van der Waals surface area contributed by atoms with Crippen LogP contribution in [0.3, 0.4) is 0 Å². The number of hydrogen-bond donors (Lipinski definition) is 0. The number of thioether (sulfide) groups is 1. The van der Waals surface area contributed by atoms with Crippen LogP contribution < -0.4 is 4.90 Å². The molecule has 4 aromatic rings. The summed E-state index contributed by atoms with van der Waals surface area (Å²) in [6, 6.07) is 15.0. The molecule has 0 spiro atoms. The summed E-state index contributed by atoms with van der Waals surface area (Å²) in [7, 11) is 0. The molecule has 150 valence electrons. The summed E-state index contributed by atoms with van der Waals surface area (Å²) in [5.41, 5.74) is 8.37. The number of hydrogen-bond acceptors (Lipinski definition) is 4. The maximum atomic E-state index is 4.76. The van der Waals surface area contributed by atoms with Crippen molar-refractivity contribution in [3.63, 3.8) is 0 Å². The Morgan fingerprint density at radius 2 is 1.70 bits per heavy atom. The van der Waals surface area contributed by atoms with E-state index < -0.39 is 0 Å². The Bertz CT molecular complexity index is 1210. The normalized spacial score (nSPS) is 15.5. The second kappa shape index (κ2) is 7.33. The second-order valence-electron chi connectivity index (χ2n) is 7.83. The third kappa shape index (κ3) is 3.01. The third-order valence-corrected chi connectivity index (χ3v) is 6.80. The van der Waals surface area contributed by atoms with Gasteiger partial charge in [0.25, 0.3) is 0 Å². The van der Waals surface area contributed by atoms with Crippen LogP contribution in [0.25, 0.3) is 17.1 Å². The predicted molar refractivity (Wildman–Crippen MR) is 125 cm³/mol. The molecule has 1 aliphatic heterocycles. The van der Waals surface area contributed by atoms with Crippen LogP contribution in [0.1, 0.15) is 23.6 Å². The summed E-state index contributed by atoms with van der Waals surface area (Å²) in [6.07, 6.45) is 7.85. The van der Waals surface area contributed by atoms with Crippen LogP contribution in [0.2, 0.25) is 0 Å². The molecular weight excluding hydrogens is 388 g/mol. The fraction of sp³-hybridized carbons (Fsp3) is 0.200. The highest BCUT2D eigenvalue weighted by Gasteiger charge is 2.32. The highest BCUT2D eigenvalue weighted by Crippen LogP contribution is 2.50. The van der Waals surface area contributed by atoms with Crippen LogP contribution in [0.4, 0.5) is 11.4 Å². The largest absolute Gasteiger partial charge is 0.327 e. The standard InChI is InChI=1S/C25H24N4S/c1-16-12-17(2)23(18(3)13-16)28-11-10-27-25(28)21-14-26-15-22-24(21)30-19(4)29(22)20-8-6-5-7-9-20/h5-15,19H,1-4H3. The van der Waals surface area contributed by atoms with Crippen molar-refractivity contribution in [1.29, 1.82) is 0 Å². The quantitative estimate of drug-likeness (QED) is 0.387. The zero-order valence-electron chi connectivity index (χ0n) is 17.6. The molecule has 30 heavy (non-hydrogen) atoms. The fourth-order valence-electron chi connectivity index (χ4n) is 4.48. The monoisotopic (exact) mass is 412 g/mol. The van der Waals surface area contributed by atoms with Crippen LogP contribution in [0.5, 0.6) is 0 Å². The minimum atomic E-state index is 0.289. The molecule has 0 aliphatic carbocycles. The zero-order chi connectivity index (χ0) is 20.8. The van der Waals surface area contributed by atoms with E-state index in [2.05, 4.69) is 90.8 Å². The number of benzene rings is 2. The molecule has 1 unspecified atom stereocenters. The molecule has 4 nitrogen and oxygen atoms in total. The lowest BCUT2D eigenvalue weighted by Crippen LogP contribution is -2.20. The van der Waals surface area contributed by atoms with Crippen molar-refractivity contribution in [2.75, 3.05) is 4.90 Å². The van der Waals surface area contributed by atoms with Crippen LogP contribution in [0.15, 0.2) is 72.1 Å². The van der Waals surface area contributed by atoms with E-state index in [1.54, 1.807) is 0 Å². The highest BCUT2D eigenvalue weighted by molar-refractivity contribution is 8.00. The van der Waals surface area contributed by atoms with E-state index in [1.807, 2.05) is 30.4 Å². The molecule has 0 saturated carbocycles. The van der Waals surface area contributed by atoms with E-state index in [4.69, 9.17) is 4.98 Å². The number of pyridine rings is 1. The van der Waals surface area contributed by atoms with Crippen LogP contribution in [0, 0.1) is 20.8 Å². The molecule has 0 saturated heterocycles. The Labute approximate surface area is 181 Å². The van der Waals surface area contributed by atoms with Gasteiger partial charge in [-0.05, 0) is 51.0 Å². The summed E-state index contributed by atoms with van der Waals surface area (Å²) >= 11 is 1.87. The maximum Gasteiger partial charge on any atom is 0.147 e. The molecule has 2 aromatic heterocycles. The first-order valence-electron chi connectivity index (χ1n) is 10.2. The lowest BCUT2D eigenvalue weighted by atomic mass is 10.0. The summed E-state index contributed by atoms with van der Waals surface area (Å²) in [6.45, 7) is 8.71. The van der Waals surface area contributed by atoms with Gasteiger partial charge >= 0.3 is 0 Å². The van der Waals surface area contributed by atoms with Crippen molar-refractivity contribution in [2.24, 2.45) is 0 Å². The minimum absolute atomic E-state index is 0.289. The SMILES string of the molecule is Cc1cc(C)c(-n2ccnc2-c2cncc3c2SC(C)N3c2ccccc2)c(C)c1. The zero-order valence-corrected chi connectivity index (χ0v) is 18.4. The first-order chi connectivity index (χ1) is 14.5. The molecule has 0 N–H and O–H groups in total. The van der Waals surface area contributed by atoms with E-state index in [-0.39, 0.29) is 5.37 Å². The third-order valence-electron chi connectivity index (χ3n) is 5.58. The molecule has 0 bridgehead atoms. The van der Waals surface area contributed by atoms with Gasteiger partial charge in [-0.15, -0.1) is 0 Å². The Morgan fingerprint density at radius 3 is 2.43 bits per heavy atom. The van der Waals surface area contributed by atoms with Crippen molar-refractivity contribution >= 4 is 23.1 Å². The van der Waals surface area contributed by atoms with E-state index in [9.17, 15) is 0 Å². The van der Waals surface area contributed by atoms with E-state index in [0.29, 0.717) is 0 Å². The van der Waals surface area contributed by atoms with Crippen molar-refractivity contribution in [3.8, 4) is 17.1 Å². The summed E-state index contributed by atoms with van der Waals surface area (Å²) in [4.78, 5) is 13.0. The Kier molecular flexibility index (Phi) is 4.63. The van der Waals surface area contributed by atoms with Crippen LogP contribution in [-0.2, 0) is 0 Å². The molecule has 5 rings (SSSR count). The molecule has 0 radical (unpaired) electrons. The van der Waals surface area contributed by atoms with Gasteiger partial charge in [-0.3, -0.25) is 9.55 Å². The average Bonchev–Trinajstić information content (AvgIpc) is 3.31. The van der Waals surface area contributed by atoms with Gasteiger partial charge in [0.2, 0.25) is 0 Å². The van der Waals surface area contributed by atoms with Gasteiger partial charge in [0.15, 0.2) is 0 Å². The van der Waals surface area contributed by atoms with Gasteiger partial charge in [0.05, 0.1) is 28.5 Å². The summed E-state index contributed by atoms with van der Waals surface area (Å²) in [5.74, 6) is 0.934. The number of fused-ring (bicyclic) bond motifs is 1. The van der Waals surface area contributed by atoms with Gasteiger partial charge in [-0.1, -0.05) is 47.7 Å².